The van der Waals surface area contributed by atoms with Gasteiger partial charge < -0.3 is 20.3 Å². The van der Waals surface area contributed by atoms with E-state index in [1.165, 1.54) is 0 Å². The maximum Gasteiger partial charge on any atom is 0.407 e. The van der Waals surface area contributed by atoms with Crippen molar-refractivity contribution in [3.63, 3.8) is 0 Å². The molecular weight excluding hydrogens is 270 g/mol. The molecular formula is C15H27N3O3. The molecule has 2 fully saturated rings. The first-order valence-corrected chi connectivity index (χ1v) is 8.05. The number of carbonyl (C=O) groups excluding carboxylic acids is 2. The van der Waals surface area contributed by atoms with Crippen LogP contribution in [0, 0.1) is 5.92 Å². The van der Waals surface area contributed by atoms with Gasteiger partial charge in [-0.1, -0.05) is 0 Å². The molecule has 0 aromatic heterocycles. The van der Waals surface area contributed by atoms with Crippen LogP contribution in [0.3, 0.4) is 0 Å². The van der Waals surface area contributed by atoms with Gasteiger partial charge in [-0.15, -0.1) is 0 Å². The van der Waals surface area contributed by atoms with Crippen LogP contribution in [0.5, 0.6) is 0 Å². The van der Waals surface area contributed by atoms with Crippen LogP contribution in [-0.2, 0) is 9.53 Å². The van der Waals surface area contributed by atoms with E-state index in [2.05, 4.69) is 17.6 Å². The highest BCUT2D eigenvalue weighted by Gasteiger charge is 2.31. The summed E-state index contributed by atoms with van der Waals surface area (Å²) in [5.74, 6) is 0.376. The molecule has 2 amide bonds. The minimum absolute atomic E-state index is 0.0147. The lowest BCUT2D eigenvalue weighted by molar-refractivity contribution is -0.138. The van der Waals surface area contributed by atoms with Crippen LogP contribution in [0.15, 0.2) is 0 Å². The Bertz CT molecular complexity index is 375. The molecule has 6 heteroatoms. The quantitative estimate of drug-likeness (QED) is 0.819. The van der Waals surface area contributed by atoms with Gasteiger partial charge in [0.2, 0.25) is 5.91 Å². The lowest BCUT2D eigenvalue weighted by atomic mass is 9.91. The third kappa shape index (κ3) is 4.59. The Labute approximate surface area is 126 Å². The summed E-state index contributed by atoms with van der Waals surface area (Å²) in [6, 6.07) is 0.423. The highest BCUT2D eigenvalue weighted by atomic mass is 16.5. The molecule has 0 bridgehead atoms. The van der Waals surface area contributed by atoms with Crippen LogP contribution >= 0.6 is 0 Å². The average Bonchev–Trinajstić information content (AvgIpc) is 2.47. The summed E-state index contributed by atoms with van der Waals surface area (Å²) in [6.07, 6.45) is 3.28. The lowest BCUT2D eigenvalue weighted by Gasteiger charge is -2.37. The molecule has 2 heterocycles. The van der Waals surface area contributed by atoms with Gasteiger partial charge in [-0.2, -0.15) is 0 Å². The second-order valence-corrected chi connectivity index (χ2v) is 6.06. The molecule has 6 nitrogen and oxygen atoms in total. The third-order valence-corrected chi connectivity index (χ3v) is 4.30. The summed E-state index contributed by atoms with van der Waals surface area (Å²) in [5, 5.41) is 6.22. The molecule has 2 N–H and O–H groups in total. The van der Waals surface area contributed by atoms with Gasteiger partial charge in [0, 0.05) is 31.1 Å². The molecule has 21 heavy (non-hydrogen) atoms. The average molecular weight is 297 g/mol. The van der Waals surface area contributed by atoms with Crippen molar-refractivity contribution in [3.05, 3.63) is 0 Å². The number of nitrogens with zero attached hydrogens (tertiary/aromatic N) is 1. The molecule has 2 saturated heterocycles. The summed E-state index contributed by atoms with van der Waals surface area (Å²) in [6.45, 7) is 6.60. The van der Waals surface area contributed by atoms with Crippen molar-refractivity contribution in [3.8, 4) is 0 Å². The molecule has 0 aliphatic carbocycles. The minimum atomic E-state index is -0.382. The number of hydrogen-bond donors (Lipinski definition) is 2. The monoisotopic (exact) mass is 297 g/mol. The Morgan fingerprint density at radius 2 is 2.19 bits per heavy atom. The smallest absolute Gasteiger partial charge is 0.407 e. The van der Waals surface area contributed by atoms with Crippen LogP contribution < -0.4 is 10.6 Å². The van der Waals surface area contributed by atoms with Crippen LogP contribution in [0.2, 0.25) is 0 Å². The van der Waals surface area contributed by atoms with Gasteiger partial charge >= 0.3 is 6.09 Å². The van der Waals surface area contributed by atoms with Crippen molar-refractivity contribution < 1.29 is 14.3 Å². The molecule has 0 spiro atoms. The topological polar surface area (TPSA) is 70.7 Å². The molecule has 2 aliphatic rings. The third-order valence-electron chi connectivity index (χ3n) is 4.30. The van der Waals surface area contributed by atoms with Gasteiger partial charge in [-0.3, -0.25) is 4.79 Å². The highest BCUT2D eigenvalue weighted by Crippen LogP contribution is 2.21. The molecule has 120 valence electrons. The van der Waals surface area contributed by atoms with E-state index >= 15 is 0 Å². The molecule has 2 rings (SSSR count). The Kier molecular flexibility index (Phi) is 5.85. The van der Waals surface area contributed by atoms with Crippen molar-refractivity contribution >= 4 is 12.0 Å². The number of alkyl carbamates (subject to hydrolysis) is 1. The van der Waals surface area contributed by atoms with Gasteiger partial charge in [-0.05, 0) is 46.1 Å². The number of rotatable bonds is 3. The normalized spacial score (nSPS) is 29.8. The number of likely N-dealkylation sites (tertiary alicyclic amines) is 1. The lowest BCUT2D eigenvalue weighted by Crippen LogP contribution is -2.52. The second kappa shape index (κ2) is 7.64. The molecule has 3 atom stereocenters. The Hall–Kier alpha value is -1.30. The van der Waals surface area contributed by atoms with Crippen molar-refractivity contribution in [1.82, 2.24) is 15.5 Å². The number of ether oxygens (including phenoxy) is 1. The molecule has 3 unspecified atom stereocenters. The Morgan fingerprint density at radius 1 is 1.38 bits per heavy atom. The standard InChI is InChI=1S/C15H27N3O3/c1-3-21-15(20)17-13-5-4-8-18(10-13)14(19)12-6-7-16-11(2)9-12/h11-13,16H,3-10H2,1-2H3,(H,17,20). The molecule has 0 aromatic carbocycles. The van der Waals surface area contributed by atoms with Gasteiger partial charge in [0.1, 0.15) is 0 Å². The van der Waals surface area contributed by atoms with E-state index in [1.807, 2.05) is 4.90 Å². The van der Waals surface area contributed by atoms with Crippen molar-refractivity contribution in [1.29, 1.82) is 0 Å². The summed E-state index contributed by atoms with van der Waals surface area (Å²) in [4.78, 5) is 26.0. The molecule has 0 saturated carbocycles. The zero-order valence-electron chi connectivity index (χ0n) is 13.1. The van der Waals surface area contributed by atoms with Crippen molar-refractivity contribution in [2.24, 2.45) is 5.92 Å². The van der Waals surface area contributed by atoms with E-state index in [9.17, 15) is 9.59 Å². The number of piperidine rings is 2. The fraction of sp³-hybridized carbons (Fsp3) is 0.867. The van der Waals surface area contributed by atoms with Crippen molar-refractivity contribution in [2.45, 2.75) is 51.6 Å². The summed E-state index contributed by atoms with van der Waals surface area (Å²) in [5.41, 5.74) is 0. The summed E-state index contributed by atoms with van der Waals surface area (Å²) >= 11 is 0. The summed E-state index contributed by atoms with van der Waals surface area (Å²) < 4.78 is 4.91. The number of hydrogen-bond acceptors (Lipinski definition) is 4. The van der Waals surface area contributed by atoms with E-state index in [1.54, 1.807) is 6.92 Å². The van der Waals surface area contributed by atoms with Gasteiger partial charge in [-0.25, -0.2) is 4.79 Å². The molecule has 0 aromatic rings. The fourth-order valence-corrected chi connectivity index (χ4v) is 3.25. The van der Waals surface area contributed by atoms with Crippen molar-refractivity contribution in [2.75, 3.05) is 26.2 Å². The maximum atomic E-state index is 12.6. The minimum Gasteiger partial charge on any atom is -0.450 e. The van der Waals surface area contributed by atoms with Crippen LogP contribution in [0.4, 0.5) is 4.79 Å². The SMILES string of the molecule is CCOC(=O)NC1CCCN(C(=O)C2CCNC(C)C2)C1. The van der Waals surface area contributed by atoms with Crippen LogP contribution in [0.1, 0.15) is 39.5 Å². The summed E-state index contributed by atoms with van der Waals surface area (Å²) in [7, 11) is 0. The second-order valence-electron chi connectivity index (χ2n) is 6.06. The highest BCUT2D eigenvalue weighted by molar-refractivity contribution is 5.79. The first kappa shape index (κ1) is 16.1. The zero-order chi connectivity index (χ0) is 15.2. The van der Waals surface area contributed by atoms with Crippen LogP contribution in [0.25, 0.3) is 0 Å². The molecule has 2 aliphatic heterocycles. The number of nitrogens with one attached hydrogen (secondary N) is 2. The van der Waals surface area contributed by atoms with E-state index in [0.29, 0.717) is 19.2 Å². The van der Waals surface area contributed by atoms with E-state index in [-0.39, 0.29) is 24.0 Å². The first-order chi connectivity index (χ1) is 10.1. The predicted octanol–water partition coefficient (Wildman–Crippen LogP) is 1.11. The molecule has 0 radical (unpaired) electrons. The Morgan fingerprint density at radius 3 is 2.90 bits per heavy atom. The van der Waals surface area contributed by atoms with Gasteiger partial charge in [0.15, 0.2) is 0 Å². The number of amides is 2. The fourth-order valence-electron chi connectivity index (χ4n) is 3.25. The first-order valence-electron chi connectivity index (χ1n) is 8.05. The maximum absolute atomic E-state index is 12.6. The predicted molar refractivity (Wildman–Crippen MR) is 79.9 cm³/mol. The zero-order valence-corrected chi connectivity index (χ0v) is 13.1. The van der Waals surface area contributed by atoms with Gasteiger partial charge in [0.25, 0.3) is 0 Å². The van der Waals surface area contributed by atoms with Crippen LogP contribution in [-0.4, -0.2) is 55.2 Å². The van der Waals surface area contributed by atoms with E-state index in [4.69, 9.17) is 4.74 Å². The van der Waals surface area contributed by atoms with E-state index < -0.39 is 0 Å². The largest absolute Gasteiger partial charge is 0.450 e. The number of carbonyl (C=O) groups is 2. The Balaban J connectivity index is 1.85. The van der Waals surface area contributed by atoms with Gasteiger partial charge in [0.05, 0.1) is 6.61 Å². The van der Waals surface area contributed by atoms with E-state index in [0.717, 1.165) is 38.8 Å².